The Labute approximate surface area is 111 Å². The Morgan fingerprint density at radius 2 is 2.32 bits per heavy atom. The molecule has 1 saturated heterocycles. The first-order chi connectivity index (χ1) is 8.98. The van der Waals surface area contributed by atoms with Gasteiger partial charge < -0.3 is 20.2 Å². The van der Waals surface area contributed by atoms with Crippen LogP contribution < -0.4 is 5.73 Å². The molecule has 6 nitrogen and oxygen atoms in total. The van der Waals surface area contributed by atoms with E-state index in [1.54, 1.807) is 6.07 Å². The van der Waals surface area contributed by atoms with Gasteiger partial charge in [0.05, 0.1) is 18.4 Å². The summed E-state index contributed by atoms with van der Waals surface area (Å²) in [5.41, 5.74) is 4.05. The van der Waals surface area contributed by atoms with E-state index in [2.05, 4.69) is 0 Å². The van der Waals surface area contributed by atoms with Crippen molar-refractivity contribution in [1.82, 2.24) is 4.90 Å². The highest BCUT2D eigenvalue weighted by Gasteiger charge is 2.40. The Kier molecular flexibility index (Phi) is 3.61. The molecule has 2 heterocycles. The van der Waals surface area contributed by atoms with Crippen molar-refractivity contribution in [2.75, 3.05) is 13.1 Å². The van der Waals surface area contributed by atoms with Gasteiger partial charge in [0.2, 0.25) is 0 Å². The standard InChI is InChI=1S/C13H18N2O4/c1-2-10-9(4-7-19-10)11(16)15-6-3-5-13(18,8-15)12(14)17/h4,7,18H,2-3,5-6,8H2,1H3,(H2,14,17)/t13-/m0/s1. The van der Waals surface area contributed by atoms with Crippen LogP contribution >= 0.6 is 0 Å². The first-order valence-electron chi connectivity index (χ1n) is 6.36. The van der Waals surface area contributed by atoms with E-state index in [-0.39, 0.29) is 18.9 Å². The van der Waals surface area contributed by atoms with E-state index in [1.807, 2.05) is 6.92 Å². The van der Waals surface area contributed by atoms with Crippen LogP contribution in [0.15, 0.2) is 16.7 Å². The van der Waals surface area contributed by atoms with Gasteiger partial charge in [-0.1, -0.05) is 6.92 Å². The monoisotopic (exact) mass is 266 g/mol. The second-order valence-electron chi connectivity index (χ2n) is 4.84. The Hall–Kier alpha value is -1.82. The molecule has 1 aliphatic rings. The molecule has 2 rings (SSSR count). The SMILES string of the molecule is CCc1occc1C(=O)N1CCC[C@@](O)(C(N)=O)C1. The zero-order chi connectivity index (χ0) is 14.0. The summed E-state index contributed by atoms with van der Waals surface area (Å²) < 4.78 is 5.22. The second-order valence-corrected chi connectivity index (χ2v) is 4.84. The quantitative estimate of drug-likeness (QED) is 0.822. The van der Waals surface area contributed by atoms with Gasteiger partial charge in [-0.25, -0.2) is 0 Å². The molecular weight excluding hydrogens is 248 g/mol. The van der Waals surface area contributed by atoms with Gasteiger partial charge in [-0.15, -0.1) is 0 Å². The van der Waals surface area contributed by atoms with E-state index in [0.29, 0.717) is 30.7 Å². The fourth-order valence-corrected chi connectivity index (χ4v) is 2.39. The lowest BCUT2D eigenvalue weighted by Crippen LogP contribution is -2.57. The van der Waals surface area contributed by atoms with Crippen LogP contribution in [0.4, 0.5) is 0 Å². The van der Waals surface area contributed by atoms with Crippen molar-refractivity contribution in [1.29, 1.82) is 0 Å². The molecule has 0 saturated carbocycles. The zero-order valence-corrected chi connectivity index (χ0v) is 10.9. The number of likely N-dealkylation sites (tertiary alicyclic amines) is 1. The third-order valence-corrected chi connectivity index (χ3v) is 3.51. The first-order valence-corrected chi connectivity index (χ1v) is 6.36. The number of aliphatic hydroxyl groups is 1. The smallest absolute Gasteiger partial charge is 0.257 e. The van der Waals surface area contributed by atoms with E-state index in [4.69, 9.17) is 10.2 Å². The molecule has 6 heteroatoms. The molecule has 1 aromatic heterocycles. The predicted octanol–water partition coefficient (Wildman–Crippen LogP) is 0.294. The van der Waals surface area contributed by atoms with Crippen LogP contribution in [0, 0.1) is 0 Å². The summed E-state index contributed by atoms with van der Waals surface area (Å²) in [5.74, 6) is -0.406. The Bertz CT molecular complexity index is 497. The van der Waals surface area contributed by atoms with Crippen molar-refractivity contribution >= 4 is 11.8 Å². The second kappa shape index (κ2) is 5.05. The van der Waals surface area contributed by atoms with E-state index in [0.717, 1.165) is 0 Å². The summed E-state index contributed by atoms with van der Waals surface area (Å²) in [6, 6.07) is 1.61. The van der Waals surface area contributed by atoms with E-state index in [1.165, 1.54) is 11.2 Å². The first kappa shape index (κ1) is 13.6. The van der Waals surface area contributed by atoms with Crippen LogP contribution in [-0.4, -0.2) is 40.5 Å². The van der Waals surface area contributed by atoms with Crippen molar-refractivity contribution in [3.8, 4) is 0 Å². The number of furan rings is 1. The summed E-state index contributed by atoms with van der Waals surface area (Å²) in [7, 11) is 0. The minimum absolute atomic E-state index is 0.0600. The number of piperidine rings is 1. The lowest BCUT2D eigenvalue weighted by atomic mass is 9.92. The summed E-state index contributed by atoms with van der Waals surface area (Å²) in [5, 5.41) is 10.1. The lowest BCUT2D eigenvalue weighted by Gasteiger charge is -2.36. The number of aryl methyl sites for hydroxylation is 1. The minimum atomic E-state index is -1.62. The van der Waals surface area contributed by atoms with E-state index < -0.39 is 11.5 Å². The molecule has 19 heavy (non-hydrogen) atoms. The number of nitrogens with two attached hydrogens (primary N) is 1. The minimum Gasteiger partial charge on any atom is -0.469 e. The molecule has 1 aromatic rings. The Morgan fingerprint density at radius 1 is 1.58 bits per heavy atom. The summed E-state index contributed by atoms with van der Waals surface area (Å²) in [4.78, 5) is 25.1. The average molecular weight is 266 g/mol. The molecule has 0 spiro atoms. The molecule has 0 radical (unpaired) electrons. The Balaban J connectivity index is 2.18. The van der Waals surface area contributed by atoms with Gasteiger partial charge in [-0.05, 0) is 18.9 Å². The zero-order valence-electron chi connectivity index (χ0n) is 10.9. The van der Waals surface area contributed by atoms with Crippen molar-refractivity contribution in [2.24, 2.45) is 5.73 Å². The topological polar surface area (TPSA) is 96.8 Å². The molecule has 1 atom stereocenters. The average Bonchev–Trinajstić information content (AvgIpc) is 2.86. The lowest BCUT2D eigenvalue weighted by molar-refractivity contribution is -0.140. The molecule has 0 bridgehead atoms. The number of amides is 2. The van der Waals surface area contributed by atoms with Crippen LogP contribution in [-0.2, 0) is 11.2 Å². The largest absolute Gasteiger partial charge is 0.469 e. The number of hydrogen-bond acceptors (Lipinski definition) is 4. The van der Waals surface area contributed by atoms with Gasteiger partial charge in [0.15, 0.2) is 5.60 Å². The molecule has 0 aliphatic carbocycles. The Morgan fingerprint density at radius 3 is 2.95 bits per heavy atom. The summed E-state index contributed by atoms with van der Waals surface area (Å²) in [6.45, 7) is 2.34. The van der Waals surface area contributed by atoms with Gasteiger partial charge in [-0.2, -0.15) is 0 Å². The fourth-order valence-electron chi connectivity index (χ4n) is 2.39. The van der Waals surface area contributed by atoms with Gasteiger partial charge in [0, 0.05) is 13.0 Å². The third-order valence-electron chi connectivity index (χ3n) is 3.51. The summed E-state index contributed by atoms with van der Waals surface area (Å²) in [6.07, 6.45) is 2.92. The fraction of sp³-hybridized carbons (Fsp3) is 0.538. The van der Waals surface area contributed by atoms with Crippen LogP contribution in [0.25, 0.3) is 0 Å². The number of hydrogen-bond donors (Lipinski definition) is 2. The van der Waals surface area contributed by atoms with Gasteiger partial charge in [0.25, 0.3) is 11.8 Å². The molecular formula is C13H18N2O4. The number of carbonyl (C=O) groups is 2. The summed E-state index contributed by atoms with van der Waals surface area (Å²) >= 11 is 0. The van der Waals surface area contributed by atoms with Crippen molar-refractivity contribution in [2.45, 2.75) is 31.8 Å². The molecule has 104 valence electrons. The van der Waals surface area contributed by atoms with Crippen LogP contribution in [0.5, 0.6) is 0 Å². The molecule has 0 aromatic carbocycles. The van der Waals surface area contributed by atoms with E-state index in [9.17, 15) is 14.7 Å². The number of nitrogens with zero attached hydrogens (tertiary/aromatic N) is 1. The normalized spacial score (nSPS) is 23.4. The van der Waals surface area contributed by atoms with Gasteiger partial charge in [0.1, 0.15) is 5.76 Å². The number of carbonyl (C=O) groups excluding carboxylic acids is 2. The maximum Gasteiger partial charge on any atom is 0.257 e. The van der Waals surface area contributed by atoms with Crippen molar-refractivity contribution in [3.63, 3.8) is 0 Å². The molecule has 0 unspecified atom stereocenters. The number of β-amino-alcohol motifs (C(OH)–C–C–N with tert-alkyl or cyclic N) is 1. The maximum atomic E-state index is 12.4. The van der Waals surface area contributed by atoms with E-state index >= 15 is 0 Å². The molecule has 1 fully saturated rings. The van der Waals surface area contributed by atoms with Crippen molar-refractivity contribution in [3.05, 3.63) is 23.7 Å². The van der Waals surface area contributed by atoms with Crippen molar-refractivity contribution < 1.29 is 19.1 Å². The van der Waals surface area contributed by atoms with Gasteiger partial charge >= 0.3 is 0 Å². The molecule has 1 aliphatic heterocycles. The number of rotatable bonds is 3. The highest BCUT2D eigenvalue weighted by Crippen LogP contribution is 2.23. The molecule has 3 N–H and O–H groups in total. The predicted molar refractivity (Wildman–Crippen MR) is 67.4 cm³/mol. The third kappa shape index (κ3) is 2.49. The van der Waals surface area contributed by atoms with Crippen LogP contribution in [0.3, 0.4) is 0 Å². The van der Waals surface area contributed by atoms with Crippen LogP contribution in [0.1, 0.15) is 35.9 Å². The highest BCUT2D eigenvalue weighted by molar-refractivity contribution is 5.96. The molecule has 2 amide bonds. The van der Waals surface area contributed by atoms with Crippen LogP contribution in [0.2, 0.25) is 0 Å². The maximum absolute atomic E-state index is 12.4. The number of primary amides is 1. The highest BCUT2D eigenvalue weighted by atomic mass is 16.3. The van der Waals surface area contributed by atoms with Gasteiger partial charge in [-0.3, -0.25) is 9.59 Å².